The van der Waals surface area contributed by atoms with Crippen LogP contribution in [-0.4, -0.2) is 34.7 Å². The normalized spacial score (nSPS) is 10.4. The number of hydrogen-bond donors (Lipinski definition) is 2. The van der Waals surface area contributed by atoms with E-state index in [9.17, 15) is 9.59 Å². The molecule has 0 fully saturated rings. The first-order valence-corrected chi connectivity index (χ1v) is 9.50. The molecule has 0 saturated heterocycles. The molecule has 0 unspecified atom stereocenters. The number of benzene rings is 1. The molecule has 2 rings (SSSR count). The third-order valence-electron chi connectivity index (χ3n) is 4.41. The molecule has 0 aliphatic rings. The number of halogens is 1. The molecule has 7 nitrogen and oxygen atoms in total. The summed E-state index contributed by atoms with van der Waals surface area (Å²) in [5.41, 5.74) is 3.45. The molecule has 0 aliphatic heterocycles. The van der Waals surface area contributed by atoms with Crippen molar-refractivity contribution in [2.24, 2.45) is 0 Å². The lowest BCUT2D eigenvalue weighted by Crippen LogP contribution is -2.34. The van der Waals surface area contributed by atoms with Gasteiger partial charge in [0.15, 0.2) is 0 Å². The highest BCUT2D eigenvalue weighted by Gasteiger charge is 2.13. The molecule has 148 valence electrons. The number of carbonyl (C=O) groups is 2. The minimum atomic E-state index is -0.207. The number of hydrogen-bond acceptors (Lipinski definition) is 4. The van der Waals surface area contributed by atoms with Crippen LogP contribution < -0.4 is 10.6 Å². The highest BCUT2D eigenvalue weighted by molar-refractivity contribution is 6.30. The summed E-state index contributed by atoms with van der Waals surface area (Å²) in [6.45, 7) is 5.13. The van der Waals surface area contributed by atoms with Crippen molar-refractivity contribution in [3.8, 4) is 6.07 Å². The van der Waals surface area contributed by atoms with Gasteiger partial charge in [0.25, 0.3) is 5.91 Å². The van der Waals surface area contributed by atoms with Gasteiger partial charge in [-0.3, -0.25) is 14.3 Å². The van der Waals surface area contributed by atoms with E-state index in [4.69, 9.17) is 16.9 Å². The molecule has 2 amide bonds. The Balaban J connectivity index is 1.72. The maximum absolute atomic E-state index is 12.1. The zero-order valence-corrected chi connectivity index (χ0v) is 16.8. The molecule has 0 bridgehead atoms. The summed E-state index contributed by atoms with van der Waals surface area (Å²) in [4.78, 5) is 24.0. The van der Waals surface area contributed by atoms with E-state index in [-0.39, 0.29) is 11.8 Å². The van der Waals surface area contributed by atoms with Crippen LogP contribution in [-0.2, 0) is 17.8 Å². The van der Waals surface area contributed by atoms with E-state index in [0.29, 0.717) is 49.5 Å². The van der Waals surface area contributed by atoms with Gasteiger partial charge in [-0.2, -0.15) is 10.4 Å². The van der Waals surface area contributed by atoms with E-state index in [2.05, 4.69) is 21.8 Å². The number of carbonyl (C=O) groups excluding carboxylic acids is 2. The number of nitriles is 1. The topological polar surface area (TPSA) is 99.8 Å². The van der Waals surface area contributed by atoms with Crippen LogP contribution in [0.1, 0.15) is 40.2 Å². The Morgan fingerprint density at radius 1 is 1.18 bits per heavy atom. The van der Waals surface area contributed by atoms with Crippen LogP contribution >= 0.6 is 11.6 Å². The second-order valence-corrected chi connectivity index (χ2v) is 6.83. The smallest absolute Gasteiger partial charge is 0.251 e. The van der Waals surface area contributed by atoms with Gasteiger partial charge in [0.1, 0.15) is 0 Å². The van der Waals surface area contributed by atoms with Crippen LogP contribution in [0.4, 0.5) is 0 Å². The Labute approximate surface area is 169 Å². The molecule has 28 heavy (non-hydrogen) atoms. The molecule has 8 heteroatoms. The van der Waals surface area contributed by atoms with Crippen molar-refractivity contribution in [1.29, 1.82) is 5.26 Å². The zero-order chi connectivity index (χ0) is 20.5. The van der Waals surface area contributed by atoms with E-state index < -0.39 is 0 Å². The van der Waals surface area contributed by atoms with Gasteiger partial charge in [-0.05, 0) is 50.1 Å². The quantitative estimate of drug-likeness (QED) is 0.630. The van der Waals surface area contributed by atoms with Gasteiger partial charge in [-0.25, -0.2) is 0 Å². The lowest BCUT2D eigenvalue weighted by molar-refractivity contribution is -0.121. The lowest BCUT2D eigenvalue weighted by atomic mass is 10.1. The van der Waals surface area contributed by atoms with Gasteiger partial charge in [0.05, 0.1) is 24.7 Å². The molecule has 0 spiro atoms. The SMILES string of the molecule is Cc1nn(CCC#N)c(C)c1CCC(=O)NCCNC(=O)c1ccc(Cl)cc1. The zero-order valence-electron chi connectivity index (χ0n) is 16.1. The molecule has 0 atom stereocenters. The number of nitrogens with zero attached hydrogens (tertiary/aromatic N) is 3. The highest BCUT2D eigenvalue weighted by Crippen LogP contribution is 2.15. The van der Waals surface area contributed by atoms with Crippen molar-refractivity contribution >= 4 is 23.4 Å². The van der Waals surface area contributed by atoms with Gasteiger partial charge in [-0.1, -0.05) is 11.6 Å². The third-order valence-corrected chi connectivity index (χ3v) is 4.66. The second-order valence-electron chi connectivity index (χ2n) is 6.39. The van der Waals surface area contributed by atoms with E-state index in [1.54, 1.807) is 24.3 Å². The van der Waals surface area contributed by atoms with Crippen molar-refractivity contribution in [3.63, 3.8) is 0 Å². The number of rotatable bonds is 9. The first kappa shape index (κ1) is 21.5. The van der Waals surface area contributed by atoms with Gasteiger partial charge in [-0.15, -0.1) is 0 Å². The molecule has 1 aromatic heterocycles. The fourth-order valence-corrected chi connectivity index (χ4v) is 3.00. The Morgan fingerprint density at radius 3 is 2.54 bits per heavy atom. The monoisotopic (exact) mass is 401 g/mol. The highest BCUT2D eigenvalue weighted by atomic mass is 35.5. The third kappa shape index (κ3) is 6.10. The van der Waals surface area contributed by atoms with E-state index in [1.165, 1.54) is 0 Å². The fraction of sp³-hybridized carbons (Fsp3) is 0.400. The molecule has 0 radical (unpaired) electrons. The van der Waals surface area contributed by atoms with Crippen molar-refractivity contribution in [2.45, 2.75) is 39.7 Å². The summed E-state index contributed by atoms with van der Waals surface area (Å²) in [5.74, 6) is -0.286. The first-order chi connectivity index (χ1) is 13.4. The van der Waals surface area contributed by atoms with Gasteiger partial charge in [0.2, 0.25) is 5.91 Å². The van der Waals surface area contributed by atoms with Crippen LogP contribution in [0, 0.1) is 25.2 Å². The maximum Gasteiger partial charge on any atom is 0.251 e. The predicted octanol–water partition coefficient (Wildman–Crippen LogP) is 2.55. The van der Waals surface area contributed by atoms with Crippen LogP contribution in [0.25, 0.3) is 0 Å². The van der Waals surface area contributed by atoms with E-state index in [1.807, 2.05) is 18.5 Å². The summed E-state index contributed by atoms with van der Waals surface area (Å²) < 4.78 is 1.82. The maximum atomic E-state index is 12.1. The molecule has 1 aromatic carbocycles. The number of aromatic nitrogens is 2. The fourth-order valence-electron chi connectivity index (χ4n) is 2.88. The van der Waals surface area contributed by atoms with E-state index in [0.717, 1.165) is 17.0 Å². The van der Waals surface area contributed by atoms with E-state index >= 15 is 0 Å². The van der Waals surface area contributed by atoms with Crippen LogP contribution in [0.5, 0.6) is 0 Å². The van der Waals surface area contributed by atoms with Gasteiger partial charge >= 0.3 is 0 Å². The Morgan fingerprint density at radius 2 is 1.86 bits per heavy atom. The molecule has 0 saturated carbocycles. The predicted molar refractivity (Wildman–Crippen MR) is 107 cm³/mol. The number of amides is 2. The van der Waals surface area contributed by atoms with Crippen molar-refractivity contribution < 1.29 is 9.59 Å². The largest absolute Gasteiger partial charge is 0.354 e. The van der Waals surface area contributed by atoms with Crippen LogP contribution in [0.3, 0.4) is 0 Å². The Kier molecular flexibility index (Phi) is 8.02. The summed E-state index contributed by atoms with van der Waals surface area (Å²) >= 11 is 5.80. The Bertz CT molecular complexity index is 868. The van der Waals surface area contributed by atoms with Crippen molar-refractivity contribution in [3.05, 3.63) is 51.8 Å². The average molecular weight is 402 g/mol. The molecule has 2 aromatic rings. The molecule has 0 aliphatic carbocycles. The summed E-state index contributed by atoms with van der Waals surface area (Å²) in [6.07, 6.45) is 1.34. The summed E-state index contributed by atoms with van der Waals surface area (Å²) in [6, 6.07) is 8.73. The summed E-state index contributed by atoms with van der Waals surface area (Å²) in [5, 5.41) is 19.3. The first-order valence-electron chi connectivity index (χ1n) is 9.12. The number of aryl methyl sites for hydroxylation is 2. The minimum absolute atomic E-state index is 0.0793. The molecular weight excluding hydrogens is 378 g/mol. The van der Waals surface area contributed by atoms with Crippen LogP contribution in [0.15, 0.2) is 24.3 Å². The van der Waals surface area contributed by atoms with Gasteiger partial charge in [0, 0.05) is 35.8 Å². The van der Waals surface area contributed by atoms with Crippen molar-refractivity contribution in [2.75, 3.05) is 13.1 Å². The van der Waals surface area contributed by atoms with Crippen LogP contribution in [0.2, 0.25) is 5.02 Å². The van der Waals surface area contributed by atoms with Gasteiger partial charge < -0.3 is 10.6 Å². The molecule has 1 heterocycles. The lowest BCUT2D eigenvalue weighted by Gasteiger charge is -2.08. The molecule has 2 N–H and O–H groups in total. The number of nitrogens with one attached hydrogen (secondary N) is 2. The second kappa shape index (κ2) is 10.5. The Hall–Kier alpha value is -2.85. The minimum Gasteiger partial charge on any atom is -0.354 e. The van der Waals surface area contributed by atoms with Crippen molar-refractivity contribution in [1.82, 2.24) is 20.4 Å². The standard InChI is InChI=1S/C20H24ClN5O2/c1-14-18(15(2)26(25-14)13-3-10-22)8-9-19(27)23-11-12-24-20(28)16-4-6-17(21)7-5-16/h4-7H,3,8-9,11-13H2,1-2H3,(H,23,27)(H,24,28). The average Bonchev–Trinajstić information content (AvgIpc) is 2.95. The molecular formula is C20H24ClN5O2. The summed E-state index contributed by atoms with van der Waals surface area (Å²) in [7, 11) is 0.